The number of hydrogen-bond acceptors (Lipinski definition) is 2. The first-order valence-electron chi connectivity index (χ1n) is 5.83. The highest BCUT2D eigenvalue weighted by molar-refractivity contribution is 5.96. The van der Waals surface area contributed by atoms with E-state index >= 15 is 0 Å². The van der Waals surface area contributed by atoms with Crippen molar-refractivity contribution >= 4 is 5.78 Å². The first kappa shape index (κ1) is 9.75. The molecule has 1 N–H and O–H groups in total. The van der Waals surface area contributed by atoms with Crippen LogP contribution in [0.25, 0.3) is 0 Å². The third-order valence-electron chi connectivity index (χ3n) is 3.29. The second-order valence-corrected chi connectivity index (χ2v) is 4.40. The normalized spacial score (nSPS) is 27.2. The summed E-state index contributed by atoms with van der Waals surface area (Å²) in [7, 11) is 0. The Morgan fingerprint density at radius 3 is 3.00 bits per heavy atom. The molecule has 0 saturated heterocycles. The quantitative estimate of drug-likeness (QED) is 0.730. The van der Waals surface area contributed by atoms with Gasteiger partial charge in [-0.25, -0.2) is 0 Å². The van der Waals surface area contributed by atoms with Gasteiger partial charge < -0.3 is 5.32 Å². The average molecular weight is 193 g/mol. The van der Waals surface area contributed by atoms with E-state index in [2.05, 4.69) is 12.2 Å². The van der Waals surface area contributed by atoms with Crippen molar-refractivity contribution in [3.05, 3.63) is 11.3 Å². The molecule has 1 atom stereocenters. The Morgan fingerprint density at radius 1 is 1.36 bits per heavy atom. The van der Waals surface area contributed by atoms with Crippen LogP contribution in [0.4, 0.5) is 0 Å². The molecular formula is C12H19NO. The minimum Gasteiger partial charge on any atom is -0.385 e. The Bertz CT molecular complexity index is 267. The lowest BCUT2D eigenvalue weighted by atomic mass is 9.86. The zero-order valence-corrected chi connectivity index (χ0v) is 8.94. The monoisotopic (exact) mass is 193 g/mol. The molecule has 0 amide bonds. The van der Waals surface area contributed by atoms with Gasteiger partial charge in [-0.05, 0) is 32.1 Å². The van der Waals surface area contributed by atoms with Gasteiger partial charge in [-0.2, -0.15) is 0 Å². The number of hydrogen-bond donors (Lipinski definition) is 1. The molecule has 0 fully saturated rings. The highest BCUT2D eigenvalue weighted by Gasteiger charge is 2.26. The van der Waals surface area contributed by atoms with Crippen LogP contribution in [0.3, 0.4) is 0 Å². The molecule has 14 heavy (non-hydrogen) atoms. The molecule has 0 aromatic carbocycles. The van der Waals surface area contributed by atoms with Crippen LogP contribution in [0.15, 0.2) is 11.3 Å². The molecule has 78 valence electrons. The Labute approximate surface area is 85.8 Å². The summed E-state index contributed by atoms with van der Waals surface area (Å²) in [5, 5.41) is 3.55. The van der Waals surface area contributed by atoms with E-state index in [0.29, 0.717) is 11.8 Å². The SMILES string of the molecule is CCC[C@@H]1CCC2=C(CCCC2=O)N1. The van der Waals surface area contributed by atoms with E-state index in [-0.39, 0.29) is 0 Å². The number of carbonyl (C=O) groups excluding carboxylic acids is 1. The van der Waals surface area contributed by atoms with Crippen LogP contribution in [0.2, 0.25) is 0 Å². The summed E-state index contributed by atoms with van der Waals surface area (Å²) in [5.74, 6) is 0.397. The molecule has 0 radical (unpaired) electrons. The van der Waals surface area contributed by atoms with Gasteiger partial charge in [0.25, 0.3) is 0 Å². The van der Waals surface area contributed by atoms with E-state index in [1.165, 1.54) is 18.5 Å². The maximum absolute atomic E-state index is 11.6. The topological polar surface area (TPSA) is 29.1 Å². The maximum atomic E-state index is 11.6. The maximum Gasteiger partial charge on any atom is 0.160 e. The zero-order chi connectivity index (χ0) is 9.97. The Morgan fingerprint density at radius 2 is 2.21 bits per heavy atom. The molecule has 0 spiro atoms. The minimum atomic E-state index is 0.397. The van der Waals surface area contributed by atoms with E-state index < -0.39 is 0 Å². The molecule has 1 aliphatic heterocycles. The lowest BCUT2D eigenvalue weighted by Gasteiger charge is -2.31. The lowest BCUT2D eigenvalue weighted by molar-refractivity contribution is -0.116. The predicted molar refractivity (Wildman–Crippen MR) is 56.9 cm³/mol. The van der Waals surface area contributed by atoms with E-state index in [1.807, 2.05) is 0 Å². The predicted octanol–water partition coefficient (Wildman–Crippen LogP) is 2.55. The van der Waals surface area contributed by atoms with Crippen molar-refractivity contribution in [2.45, 2.75) is 57.9 Å². The molecule has 0 aromatic rings. The first-order valence-corrected chi connectivity index (χ1v) is 5.83. The molecule has 0 unspecified atom stereocenters. The molecular weight excluding hydrogens is 174 g/mol. The first-order chi connectivity index (χ1) is 6.81. The van der Waals surface area contributed by atoms with E-state index in [4.69, 9.17) is 0 Å². The number of rotatable bonds is 2. The van der Waals surface area contributed by atoms with Crippen molar-refractivity contribution in [3.63, 3.8) is 0 Å². The number of ketones is 1. The van der Waals surface area contributed by atoms with Crippen LogP contribution >= 0.6 is 0 Å². The van der Waals surface area contributed by atoms with Gasteiger partial charge in [-0.15, -0.1) is 0 Å². The van der Waals surface area contributed by atoms with Crippen LogP contribution in [0.1, 0.15) is 51.9 Å². The molecule has 1 heterocycles. The summed E-state index contributed by atoms with van der Waals surface area (Å²) in [6.07, 6.45) is 7.56. The summed E-state index contributed by atoms with van der Waals surface area (Å²) in [6, 6.07) is 0.629. The fraction of sp³-hybridized carbons (Fsp3) is 0.750. The van der Waals surface area contributed by atoms with Gasteiger partial charge in [0.15, 0.2) is 5.78 Å². The van der Waals surface area contributed by atoms with Crippen LogP contribution in [0.5, 0.6) is 0 Å². The molecule has 0 aromatic heterocycles. The van der Waals surface area contributed by atoms with Crippen LogP contribution in [-0.4, -0.2) is 11.8 Å². The Hall–Kier alpha value is -0.790. The smallest absolute Gasteiger partial charge is 0.160 e. The van der Waals surface area contributed by atoms with Gasteiger partial charge in [-0.3, -0.25) is 4.79 Å². The van der Waals surface area contributed by atoms with E-state index in [9.17, 15) is 4.79 Å². The highest BCUT2D eigenvalue weighted by Crippen LogP contribution is 2.29. The third kappa shape index (κ3) is 1.84. The van der Waals surface area contributed by atoms with Gasteiger partial charge in [0.2, 0.25) is 0 Å². The van der Waals surface area contributed by atoms with Gasteiger partial charge >= 0.3 is 0 Å². The van der Waals surface area contributed by atoms with Crippen molar-refractivity contribution < 1.29 is 4.79 Å². The largest absolute Gasteiger partial charge is 0.385 e. The van der Waals surface area contributed by atoms with Crippen LogP contribution in [0, 0.1) is 0 Å². The molecule has 2 heteroatoms. The van der Waals surface area contributed by atoms with Gasteiger partial charge in [0.1, 0.15) is 0 Å². The molecule has 2 rings (SSSR count). The van der Waals surface area contributed by atoms with Gasteiger partial charge in [0, 0.05) is 23.7 Å². The summed E-state index contributed by atoms with van der Waals surface area (Å²) >= 11 is 0. The summed E-state index contributed by atoms with van der Waals surface area (Å²) < 4.78 is 0. The Kier molecular flexibility index (Phi) is 2.90. The zero-order valence-electron chi connectivity index (χ0n) is 8.94. The molecule has 0 saturated carbocycles. The van der Waals surface area contributed by atoms with Crippen LogP contribution < -0.4 is 5.32 Å². The van der Waals surface area contributed by atoms with Crippen molar-refractivity contribution in [2.24, 2.45) is 0 Å². The van der Waals surface area contributed by atoms with Gasteiger partial charge in [-0.1, -0.05) is 13.3 Å². The highest BCUT2D eigenvalue weighted by atomic mass is 16.1. The van der Waals surface area contributed by atoms with Crippen molar-refractivity contribution in [2.75, 3.05) is 0 Å². The molecule has 0 bridgehead atoms. The minimum absolute atomic E-state index is 0.397. The molecule has 1 aliphatic carbocycles. The third-order valence-corrected chi connectivity index (χ3v) is 3.29. The standard InChI is InChI=1S/C12H19NO/c1-2-4-9-7-8-10-11(13-9)5-3-6-12(10)14/h9,13H,2-8H2,1H3/t9-/m1/s1. The second kappa shape index (κ2) is 4.16. The number of carbonyl (C=O) groups is 1. The molecule has 2 aliphatic rings. The fourth-order valence-corrected chi connectivity index (χ4v) is 2.55. The lowest BCUT2D eigenvalue weighted by Crippen LogP contribution is -2.36. The van der Waals surface area contributed by atoms with E-state index in [1.54, 1.807) is 0 Å². The second-order valence-electron chi connectivity index (χ2n) is 4.40. The van der Waals surface area contributed by atoms with Crippen molar-refractivity contribution in [1.82, 2.24) is 5.32 Å². The van der Waals surface area contributed by atoms with Crippen molar-refractivity contribution in [1.29, 1.82) is 0 Å². The van der Waals surface area contributed by atoms with E-state index in [0.717, 1.165) is 37.7 Å². The summed E-state index contributed by atoms with van der Waals surface area (Å²) in [5.41, 5.74) is 2.38. The molecule has 2 nitrogen and oxygen atoms in total. The number of nitrogens with one attached hydrogen (secondary N) is 1. The van der Waals surface area contributed by atoms with Crippen molar-refractivity contribution in [3.8, 4) is 0 Å². The number of allylic oxidation sites excluding steroid dienone is 2. The van der Waals surface area contributed by atoms with Crippen LogP contribution in [-0.2, 0) is 4.79 Å². The average Bonchev–Trinajstić information content (AvgIpc) is 2.18. The fourth-order valence-electron chi connectivity index (χ4n) is 2.55. The summed E-state index contributed by atoms with van der Waals surface area (Å²) in [6.45, 7) is 2.22. The van der Waals surface area contributed by atoms with Gasteiger partial charge in [0.05, 0.1) is 0 Å². The summed E-state index contributed by atoms with van der Waals surface area (Å²) in [4.78, 5) is 11.6. The Balaban J connectivity index is 2.07. The number of Topliss-reactive ketones (excluding diaryl/α,β-unsaturated/α-hetero) is 1.